The Morgan fingerprint density at radius 2 is 1.85 bits per heavy atom. The van der Waals surface area contributed by atoms with Crippen molar-refractivity contribution in [2.45, 2.75) is 47.1 Å². The summed E-state index contributed by atoms with van der Waals surface area (Å²) in [7, 11) is 0. The lowest BCUT2D eigenvalue weighted by Crippen LogP contribution is -2.43. The Hall–Kier alpha value is -3.33. The van der Waals surface area contributed by atoms with Crippen LogP contribution in [0, 0.1) is 11.8 Å². The second kappa shape index (κ2) is 10.7. The third-order valence-corrected chi connectivity index (χ3v) is 5.37. The number of nitrogens with zero attached hydrogens (tertiary/aromatic N) is 3. The van der Waals surface area contributed by atoms with Gasteiger partial charge in [0, 0.05) is 36.5 Å². The Bertz CT molecular complexity index is 1260. The molecule has 1 amide bonds. The first-order valence-corrected chi connectivity index (χ1v) is 11.6. The standard InChI is InChI=1S/C24H30ClN5O4/c1-14(2)12-29(21-22(26)30(13-15(3)4)24(33)28-23(21)32)20(31)10-9-19-27-11-18(34-19)16-5-7-17(25)8-6-16/h5-8,11,14-15H,9-10,12-13,26H2,1-4H3,(H,28,32,33). The number of benzene rings is 1. The predicted molar refractivity (Wildman–Crippen MR) is 133 cm³/mol. The SMILES string of the molecule is CC(C)CN(C(=O)CCc1ncc(-c2ccc(Cl)cc2)o1)c1c(N)n(CC(C)C)c(=O)[nH]c1=O. The fourth-order valence-corrected chi connectivity index (χ4v) is 3.72. The molecule has 10 heteroatoms. The van der Waals surface area contributed by atoms with Gasteiger partial charge in [-0.2, -0.15) is 0 Å². The van der Waals surface area contributed by atoms with Gasteiger partial charge < -0.3 is 15.1 Å². The summed E-state index contributed by atoms with van der Waals surface area (Å²) >= 11 is 5.93. The molecule has 0 unspecified atom stereocenters. The molecule has 3 aromatic rings. The van der Waals surface area contributed by atoms with E-state index in [4.69, 9.17) is 21.8 Å². The molecule has 182 valence electrons. The van der Waals surface area contributed by atoms with Crippen LogP contribution in [0.1, 0.15) is 40.0 Å². The van der Waals surface area contributed by atoms with Gasteiger partial charge >= 0.3 is 5.69 Å². The minimum atomic E-state index is -0.683. The summed E-state index contributed by atoms with van der Waals surface area (Å²) in [5.74, 6) is 0.817. The second-order valence-corrected chi connectivity index (χ2v) is 9.46. The highest BCUT2D eigenvalue weighted by molar-refractivity contribution is 6.30. The van der Waals surface area contributed by atoms with E-state index in [0.717, 1.165) is 5.56 Å². The van der Waals surface area contributed by atoms with Crippen LogP contribution in [0.15, 0.2) is 44.5 Å². The fraction of sp³-hybridized carbons (Fsp3) is 0.417. The molecule has 0 saturated carbocycles. The molecule has 2 aromatic heterocycles. The highest BCUT2D eigenvalue weighted by Crippen LogP contribution is 2.24. The molecule has 0 bridgehead atoms. The number of halogens is 1. The van der Waals surface area contributed by atoms with Crippen molar-refractivity contribution < 1.29 is 9.21 Å². The van der Waals surface area contributed by atoms with Crippen molar-refractivity contribution in [3.8, 4) is 11.3 Å². The normalized spacial score (nSPS) is 11.4. The zero-order valence-corrected chi connectivity index (χ0v) is 20.6. The summed E-state index contributed by atoms with van der Waals surface area (Å²) < 4.78 is 7.09. The Morgan fingerprint density at radius 1 is 1.18 bits per heavy atom. The van der Waals surface area contributed by atoms with Gasteiger partial charge in [0.1, 0.15) is 5.82 Å². The number of anilines is 2. The number of aromatic nitrogens is 3. The molecule has 0 radical (unpaired) electrons. The zero-order valence-electron chi connectivity index (χ0n) is 19.8. The monoisotopic (exact) mass is 487 g/mol. The van der Waals surface area contributed by atoms with Crippen LogP contribution in [-0.4, -0.2) is 27.0 Å². The Kier molecular flexibility index (Phi) is 7.98. The largest absolute Gasteiger partial charge is 0.441 e. The van der Waals surface area contributed by atoms with Gasteiger partial charge in [0.2, 0.25) is 5.91 Å². The van der Waals surface area contributed by atoms with Crippen LogP contribution in [0.5, 0.6) is 0 Å². The first kappa shape index (κ1) is 25.3. The van der Waals surface area contributed by atoms with E-state index >= 15 is 0 Å². The summed E-state index contributed by atoms with van der Waals surface area (Å²) in [6, 6.07) is 7.16. The molecule has 0 spiro atoms. The maximum Gasteiger partial charge on any atom is 0.330 e. The molecule has 0 aliphatic carbocycles. The predicted octanol–water partition coefficient (Wildman–Crippen LogP) is 3.71. The van der Waals surface area contributed by atoms with E-state index in [1.807, 2.05) is 39.8 Å². The molecule has 0 saturated heterocycles. The summed E-state index contributed by atoms with van der Waals surface area (Å²) in [6.07, 6.45) is 1.89. The van der Waals surface area contributed by atoms with Gasteiger partial charge in [0.05, 0.1) is 6.20 Å². The van der Waals surface area contributed by atoms with Crippen molar-refractivity contribution in [2.75, 3.05) is 17.2 Å². The number of nitrogen functional groups attached to an aromatic ring is 1. The minimum absolute atomic E-state index is 0.00629. The molecule has 3 rings (SSSR count). The van der Waals surface area contributed by atoms with Crippen LogP contribution >= 0.6 is 11.6 Å². The van der Waals surface area contributed by atoms with Crippen LogP contribution < -0.4 is 21.9 Å². The van der Waals surface area contributed by atoms with Gasteiger partial charge in [-0.15, -0.1) is 0 Å². The number of hydrogen-bond donors (Lipinski definition) is 2. The third kappa shape index (κ3) is 5.96. The number of rotatable bonds is 9. The number of aromatic amines is 1. The van der Waals surface area contributed by atoms with Crippen molar-refractivity contribution in [1.82, 2.24) is 14.5 Å². The number of aryl methyl sites for hydroxylation is 1. The molecule has 34 heavy (non-hydrogen) atoms. The van der Waals surface area contributed by atoms with Crippen molar-refractivity contribution in [1.29, 1.82) is 0 Å². The summed E-state index contributed by atoms with van der Waals surface area (Å²) in [6.45, 7) is 8.32. The maximum absolute atomic E-state index is 13.2. The van der Waals surface area contributed by atoms with Gasteiger partial charge in [0.25, 0.3) is 5.56 Å². The van der Waals surface area contributed by atoms with Crippen LogP contribution in [0.2, 0.25) is 5.02 Å². The molecule has 0 atom stereocenters. The van der Waals surface area contributed by atoms with E-state index in [9.17, 15) is 14.4 Å². The molecule has 2 heterocycles. The number of H-pyrrole nitrogens is 1. The lowest BCUT2D eigenvalue weighted by atomic mass is 10.1. The highest BCUT2D eigenvalue weighted by Gasteiger charge is 2.25. The molecule has 0 aliphatic rings. The van der Waals surface area contributed by atoms with E-state index in [0.29, 0.717) is 23.2 Å². The van der Waals surface area contributed by atoms with Crippen LogP contribution in [0.3, 0.4) is 0 Å². The number of oxazole rings is 1. The molecular weight excluding hydrogens is 458 g/mol. The van der Waals surface area contributed by atoms with Gasteiger partial charge in [-0.3, -0.25) is 19.1 Å². The van der Waals surface area contributed by atoms with Crippen molar-refractivity contribution in [2.24, 2.45) is 11.8 Å². The average molecular weight is 488 g/mol. The molecule has 0 aliphatic heterocycles. The van der Waals surface area contributed by atoms with Crippen LogP contribution in [-0.2, 0) is 17.8 Å². The summed E-state index contributed by atoms with van der Waals surface area (Å²) in [5.41, 5.74) is 5.78. The minimum Gasteiger partial charge on any atom is -0.441 e. The van der Waals surface area contributed by atoms with Crippen molar-refractivity contribution in [3.63, 3.8) is 0 Å². The number of amides is 1. The van der Waals surface area contributed by atoms with E-state index in [-0.39, 0.29) is 48.6 Å². The zero-order chi connectivity index (χ0) is 25.0. The van der Waals surface area contributed by atoms with E-state index in [2.05, 4.69) is 9.97 Å². The quantitative estimate of drug-likeness (QED) is 0.473. The Balaban J connectivity index is 1.84. The lowest BCUT2D eigenvalue weighted by Gasteiger charge is -2.26. The molecule has 0 fully saturated rings. The van der Waals surface area contributed by atoms with Crippen molar-refractivity contribution >= 4 is 29.0 Å². The molecule has 1 aromatic carbocycles. The topological polar surface area (TPSA) is 127 Å². The van der Waals surface area contributed by atoms with Gasteiger partial charge in [0.15, 0.2) is 17.3 Å². The lowest BCUT2D eigenvalue weighted by molar-refractivity contribution is -0.118. The fourth-order valence-electron chi connectivity index (χ4n) is 3.59. The number of nitrogens with one attached hydrogen (secondary N) is 1. The number of hydrogen-bond acceptors (Lipinski definition) is 6. The number of nitrogens with two attached hydrogens (primary N) is 1. The first-order chi connectivity index (χ1) is 16.1. The van der Waals surface area contributed by atoms with Gasteiger partial charge in [-0.1, -0.05) is 39.3 Å². The maximum atomic E-state index is 13.2. The van der Waals surface area contributed by atoms with Crippen LogP contribution in [0.4, 0.5) is 11.5 Å². The molecular formula is C24H30ClN5O4. The van der Waals surface area contributed by atoms with E-state index in [1.54, 1.807) is 18.3 Å². The Labute approximate surface area is 202 Å². The van der Waals surface area contributed by atoms with E-state index in [1.165, 1.54) is 9.47 Å². The average Bonchev–Trinajstić information content (AvgIpc) is 3.23. The van der Waals surface area contributed by atoms with Crippen LogP contribution in [0.25, 0.3) is 11.3 Å². The van der Waals surface area contributed by atoms with Gasteiger partial charge in [-0.05, 0) is 36.1 Å². The molecule has 9 nitrogen and oxygen atoms in total. The highest BCUT2D eigenvalue weighted by atomic mass is 35.5. The second-order valence-electron chi connectivity index (χ2n) is 9.02. The Morgan fingerprint density at radius 3 is 2.47 bits per heavy atom. The van der Waals surface area contributed by atoms with Gasteiger partial charge in [-0.25, -0.2) is 9.78 Å². The van der Waals surface area contributed by atoms with Crippen molar-refractivity contribution in [3.05, 3.63) is 62.2 Å². The third-order valence-electron chi connectivity index (χ3n) is 5.12. The van der Waals surface area contributed by atoms with E-state index < -0.39 is 11.2 Å². The number of carbonyl (C=O) groups excluding carboxylic acids is 1. The summed E-state index contributed by atoms with van der Waals surface area (Å²) in [4.78, 5) is 46.2. The number of carbonyl (C=O) groups is 1. The molecule has 3 N–H and O–H groups in total. The summed E-state index contributed by atoms with van der Waals surface area (Å²) in [5, 5.41) is 0.619. The smallest absolute Gasteiger partial charge is 0.330 e. The first-order valence-electron chi connectivity index (χ1n) is 11.2.